The first-order valence-electron chi connectivity index (χ1n) is 4.15. The van der Waals surface area contributed by atoms with Crippen molar-refractivity contribution in [3.05, 3.63) is 11.7 Å². The summed E-state index contributed by atoms with van der Waals surface area (Å²) in [7, 11) is 0. The maximum atomic E-state index is 10.4. The van der Waals surface area contributed by atoms with E-state index in [1.54, 1.807) is 0 Å². The summed E-state index contributed by atoms with van der Waals surface area (Å²) < 4.78 is 4.74. The van der Waals surface area contributed by atoms with E-state index in [-0.39, 0.29) is 17.8 Å². The molecule has 7 nitrogen and oxygen atoms in total. The summed E-state index contributed by atoms with van der Waals surface area (Å²) in [6, 6.07) is -0.245. The fourth-order valence-corrected chi connectivity index (χ4v) is 1.37. The Morgan fingerprint density at radius 3 is 2.93 bits per heavy atom. The average Bonchev–Trinajstić information content (AvgIpc) is 2.70. The maximum Gasteiger partial charge on any atom is 0.377 e. The zero-order chi connectivity index (χ0) is 10.1. The summed E-state index contributed by atoms with van der Waals surface area (Å²) in [5, 5.41) is 24.0. The van der Waals surface area contributed by atoms with E-state index in [1.807, 2.05) is 0 Å². The largest absolute Gasteiger partial charge is 0.475 e. The molecule has 1 aromatic heterocycles. The number of aliphatic hydroxyl groups excluding tert-OH is 1. The lowest BCUT2D eigenvalue weighted by atomic mass is 10.2. The van der Waals surface area contributed by atoms with Crippen LogP contribution in [0.4, 0.5) is 0 Å². The van der Waals surface area contributed by atoms with E-state index in [9.17, 15) is 9.90 Å². The fourth-order valence-electron chi connectivity index (χ4n) is 1.37. The van der Waals surface area contributed by atoms with Gasteiger partial charge in [0.05, 0.1) is 12.1 Å². The van der Waals surface area contributed by atoms with Gasteiger partial charge in [-0.25, -0.2) is 4.79 Å². The van der Waals surface area contributed by atoms with Crippen LogP contribution in [0.5, 0.6) is 0 Å². The van der Waals surface area contributed by atoms with Crippen molar-refractivity contribution in [2.24, 2.45) is 0 Å². The van der Waals surface area contributed by atoms with Crippen molar-refractivity contribution in [1.82, 2.24) is 15.5 Å². The first-order chi connectivity index (χ1) is 6.66. The van der Waals surface area contributed by atoms with Crippen molar-refractivity contribution >= 4 is 5.97 Å². The molecule has 2 atom stereocenters. The quantitative estimate of drug-likeness (QED) is 0.570. The van der Waals surface area contributed by atoms with Crippen LogP contribution in [0.3, 0.4) is 0 Å². The molecule has 1 aliphatic heterocycles. The van der Waals surface area contributed by atoms with Crippen LogP contribution in [-0.4, -0.2) is 39.0 Å². The number of β-amino-alcohol motifs (C(OH)–C–C–N with tert-alkyl or cyclic N) is 1. The molecule has 0 spiro atoms. The second-order valence-corrected chi connectivity index (χ2v) is 3.11. The van der Waals surface area contributed by atoms with Gasteiger partial charge in [-0.2, -0.15) is 4.98 Å². The minimum absolute atomic E-state index is 0.207. The number of carbonyl (C=O) groups is 1. The van der Waals surface area contributed by atoms with Gasteiger partial charge >= 0.3 is 5.97 Å². The molecule has 2 rings (SSSR count). The van der Waals surface area contributed by atoms with Gasteiger partial charge in [0.1, 0.15) is 0 Å². The Labute approximate surface area is 78.7 Å². The number of hydrogen-bond donors (Lipinski definition) is 3. The molecule has 76 valence electrons. The van der Waals surface area contributed by atoms with Crippen molar-refractivity contribution in [3.8, 4) is 0 Å². The average molecular weight is 199 g/mol. The van der Waals surface area contributed by atoms with Gasteiger partial charge in [0.2, 0.25) is 5.89 Å². The third kappa shape index (κ3) is 1.59. The standard InChI is InChI=1S/C7H9N3O4/c11-3-1-4(8-2-3)6-9-5(7(12)13)10-14-6/h3-4,8,11H,1-2H2,(H,12,13)/t3-,4+/m0/s1. The van der Waals surface area contributed by atoms with E-state index >= 15 is 0 Å². The number of carboxylic acid groups (broad SMARTS) is 1. The highest BCUT2D eigenvalue weighted by Crippen LogP contribution is 2.21. The molecule has 0 aromatic carbocycles. The zero-order valence-corrected chi connectivity index (χ0v) is 7.17. The number of aliphatic hydroxyl groups is 1. The minimum atomic E-state index is -1.22. The lowest BCUT2D eigenvalue weighted by Crippen LogP contribution is -2.15. The van der Waals surface area contributed by atoms with E-state index in [0.717, 1.165) is 0 Å². The molecule has 0 amide bonds. The Hall–Kier alpha value is -1.47. The van der Waals surface area contributed by atoms with Crippen LogP contribution < -0.4 is 5.32 Å². The number of carboxylic acids is 1. The molecule has 14 heavy (non-hydrogen) atoms. The number of rotatable bonds is 2. The SMILES string of the molecule is O=C(O)c1noc([C@H]2C[C@H](O)CN2)n1. The lowest BCUT2D eigenvalue weighted by Gasteiger charge is -2.01. The molecule has 0 unspecified atom stereocenters. The molecule has 0 radical (unpaired) electrons. The van der Waals surface area contributed by atoms with Crippen LogP contribution >= 0.6 is 0 Å². The normalized spacial score (nSPS) is 26.6. The van der Waals surface area contributed by atoms with Crippen LogP contribution in [0.25, 0.3) is 0 Å². The number of nitrogens with one attached hydrogen (secondary N) is 1. The van der Waals surface area contributed by atoms with Crippen molar-refractivity contribution in [3.63, 3.8) is 0 Å². The number of aromatic nitrogens is 2. The Bertz CT molecular complexity index is 350. The van der Waals surface area contributed by atoms with Crippen LogP contribution in [0, 0.1) is 0 Å². The van der Waals surface area contributed by atoms with Gasteiger partial charge in [0.25, 0.3) is 5.82 Å². The van der Waals surface area contributed by atoms with Crippen LogP contribution in [-0.2, 0) is 0 Å². The number of nitrogens with zero attached hydrogens (tertiary/aromatic N) is 2. The van der Waals surface area contributed by atoms with E-state index in [1.165, 1.54) is 0 Å². The van der Waals surface area contributed by atoms with Crippen molar-refractivity contribution in [2.75, 3.05) is 6.54 Å². The van der Waals surface area contributed by atoms with E-state index < -0.39 is 12.1 Å². The molecule has 7 heteroatoms. The third-order valence-electron chi connectivity index (χ3n) is 2.04. The first kappa shape index (κ1) is 9.10. The minimum Gasteiger partial charge on any atom is -0.475 e. The highest BCUT2D eigenvalue weighted by Gasteiger charge is 2.28. The molecule has 3 N–H and O–H groups in total. The zero-order valence-electron chi connectivity index (χ0n) is 7.17. The monoisotopic (exact) mass is 199 g/mol. The van der Waals surface area contributed by atoms with Gasteiger partial charge in [0.15, 0.2) is 0 Å². The molecule has 1 fully saturated rings. The molecule has 2 heterocycles. The Morgan fingerprint density at radius 1 is 1.64 bits per heavy atom. The maximum absolute atomic E-state index is 10.4. The van der Waals surface area contributed by atoms with Gasteiger partial charge in [0, 0.05) is 6.54 Å². The van der Waals surface area contributed by atoms with Gasteiger partial charge in [-0.05, 0) is 11.6 Å². The predicted octanol–water partition coefficient (Wildman–Crippen LogP) is -0.837. The second-order valence-electron chi connectivity index (χ2n) is 3.11. The molecule has 0 aliphatic carbocycles. The molecular formula is C7H9N3O4. The first-order valence-corrected chi connectivity index (χ1v) is 4.15. The van der Waals surface area contributed by atoms with Crippen LogP contribution in [0.1, 0.15) is 29.0 Å². The topological polar surface area (TPSA) is 108 Å². The van der Waals surface area contributed by atoms with Gasteiger partial charge in [-0.15, -0.1) is 0 Å². The molecular weight excluding hydrogens is 190 g/mol. The molecule has 0 bridgehead atoms. The number of hydrogen-bond acceptors (Lipinski definition) is 6. The smallest absolute Gasteiger partial charge is 0.377 e. The van der Waals surface area contributed by atoms with Crippen molar-refractivity contribution in [2.45, 2.75) is 18.6 Å². The second kappa shape index (κ2) is 3.35. The number of aromatic carboxylic acids is 1. The van der Waals surface area contributed by atoms with Crippen molar-refractivity contribution < 1.29 is 19.5 Å². The van der Waals surface area contributed by atoms with Crippen LogP contribution in [0.15, 0.2) is 4.52 Å². The highest BCUT2D eigenvalue weighted by atomic mass is 16.5. The molecule has 1 saturated heterocycles. The predicted molar refractivity (Wildman–Crippen MR) is 42.6 cm³/mol. The van der Waals surface area contributed by atoms with Gasteiger partial charge < -0.3 is 20.1 Å². The Balaban J connectivity index is 2.13. The summed E-state index contributed by atoms with van der Waals surface area (Å²) in [6.07, 6.45) is 0.0153. The lowest BCUT2D eigenvalue weighted by molar-refractivity contribution is 0.0680. The summed E-state index contributed by atoms with van der Waals surface area (Å²) in [4.78, 5) is 14.1. The van der Waals surface area contributed by atoms with Gasteiger partial charge in [-0.1, -0.05) is 0 Å². The molecule has 0 saturated carbocycles. The fraction of sp³-hybridized carbons (Fsp3) is 0.571. The van der Waals surface area contributed by atoms with E-state index in [4.69, 9.17) is 9.63 Å². The summed E-state index contributed by atoms with van der Waals surface area (Å²) in [5.41, 5.74) is 0. The molecule has 1 aromatic rings. The molecule has 1 aliphatic rings. The summed E-state index contributed by atoms with van der Waals surface area (Å²) >= 11 is 0. The Kier molecular flexibility index (Phi) is 2.18. The highest BCUT2D eigenvalue weighted by molar-refractivity contribution is 5.82. The summed E-state index contributed by atoms with van der Waals surface area (Å²) in [5.74, 6) is -1.37. The van der Waals surface area contributed by atoms with Gasteiger partial charge in [-0.3, -0.25) is 0 Å². The summed E-state index contributed by atoms with van der Waals surface area (Å²) in [6.45, 7) is 0.454. The Morgan fingerprint density at radius 2 is 2.43 bits per heavy atom. The third-order valence-corrected chi connectivity index (χ3v) is 2.04. The van der Waals surface area contributed by atoms with Crippen LogP contribution in [0.2, 0.25) is 0 Å². The van der Waals surface area contributed by atoms with E-state index in [2.05, 4.69) is 15.5 Å². The van der Waals surface area contributed by atoms with Crippen molar-refractivity contribution in [1.29, 1.82) is 0 Å². The van der Waals surface area contributed by atoms with E-state index in [0.29, 0.717) is 13.0 Å².